The SMILES string of the molecule is CC(C)(C)CNC(=O)COc1ccc(S(=O)(=O)N2CCCCC2)cc1Cl. The molecule has 1 amide bonds. The third kappa shape index (κ3) is 5.86. The first-order chi connectivity index (χ1) is 12.1. The molecule has 8 heteroatoms. The summed E-state index contributed by atoms with van der Waals surface area (Å²) in [6.07, 6.45) is 2.80. The van der Waals surface area contributed by atoms with Crippen LogP contribution >= 0.6 is 11.6 Å². The maximum atomic E-state index is 12.7. The molecule has 0 radical (unpaired) electrons. The lowest BCUT2D eigenvalue weighted by Crippen LogP contribution is -2.35. The molecule has 2 rings (SSSR count). The molecule has 0 aromatic heterocycles. The van der Waals surface area contributed by atoms with E-state index < -0.39 is 10.0 Å². The third-order valence-electron chi connectivity index (χ3n) is 4.03. The largest absolute Gasteiger partial charge is 0.482 e. The summed E-state index contributed by atoms with van der Waals surface area (Å²) in [5.41, 5.74) is -0.0161. The summed E-state index contributed by atoms with van der Waals surface area (Å²) in [5.74, 6) is 0.0381. The van der Waals surface area contributed by atoms with Crippen LogP contribution in [-0.4, -0.2) is 44.9 Å². The number of carbonyl (C=O) groups is 1. The van der Waals surface area contributed by atoms with Crippen molar-refractivity contribution in [2.75, 3.05) is 26.2 Å². The van der Waals surface area contributed by atoms with Gasteiger partial charge in [0.2, 0.25) is 10.0 Å². The number of rotatable bonds is 6. The fourth-order valence-corrected chi connectivity index (χ4v) is 4.42. The highest BCUT2D eigenvalue weighted by atomic mass is 35.5. The van der Waals surface area contributed by atoms with E-state index in [-0.39, 0.29) is 33.6 Å². The number of nitrogens with zero attached hydrogens (tertiary/aromatic N) is 1. The molecule has 0 bridgehead atoms. The van der Waals surface area contributed by atoms with Crippen molar-refractivity contribution < 1.29 is 17.9 Å². The fourth-order valence-electron chi connectivity index (χ4n) is 2.57. The normalized spacial score (nSPS) is 16.3. The maximum absolute atomic E-state index is 12.7. The van der Waals surface area contributed by atoms with Crippen molar-refractivity contribution in [3.05, 3.63) is 23.2 Å². The highest BCUT2D eigenvalue weighted by Gasteiger charge is 2.26. The predicted octanol–water partition coefficient (Wildman–Crippen LogP) is 3.06. The Kier molecular flexibility index (Phi) is 6.93. The average Bonchev–Trinajstić information content (AvgIpc) is 2.59. The number of ether oxygens (including phenoxy) is 1. The molecule has 1 heterocycles. The number of carbonyl (C=O) groups excluding carboxylic acids is 1. The van der Waals surface area contributed by atoms with Gasteiger partial charge in [0.1, 0.15) is 5.75 Å². The Bertz CT molecular complexity index is 738. The van der Waals surface area contributed by atoms with E-state index in [1.54, 1.807) is 0 Å². The number of amides is 1. The summed E-state index contributed by atoms with van der Waals surface area (Å²) in [6.45, 7) is 7.49. The van der Waals surface area contributed by atoms with Crippen molar-refractivity contribution in [1.82, 2.24) is 9.62 Å². The Balaban J connectivity index is 1.99. The van der Waals surface area contributed by atoms with Crippen molar-refractivity contribution >= 4 is 27.5 Å². The average molecular weight is 403 g/mol. The van der Waals surface area contributed by atoms with Gasteiger partial charge < -0.3 is 10.1 Å². The zero-order chi connectivity index (χ0) is 19.4. The first-order valence-electron chi connectivity index (χ1n) is 8.79. The van der Waals surface area contributed by atoms with Crippen molar-refractivity contribution in [2.24, 2.45) is 5.41 Å². The summed E-state index contributed by atoms with van der Waals surface area (Å²) in [6, 6.07) is 4.35. The summed E-state index contributed by atoms with van der Waals surface area (Å²) in [4.78, 5) is 12.0. The van der Waals surface area contributed by atoms with Gasteiger partial charge in [-0.25, -0.2) is 8.42 Å². The van der Waals surface area contributed by atoms with Crippen molar-refractivity contribution in [3.8, 4) is 5.75 Å². The lowest BCUT2D eigenvalue weighted by molar-refractivity contribution is -0.123. The molecule has 1 fully saturated rings. The van der Waals surface area contributed by atoms with Gasteiger partial charge in [-0.1, -0.05) is 38.8 Å². The number of hydrogen-bond acceptors (Lipinski definition) is 4. The van der Waals surface area contributed by atoms with Gasteiger partial charge in [0.15, 0.2) is 6.61 Å². The Morgan fingerprint density at radius 1 is 1.23 bits per heavy atom. The molecule has 1 aromatic carbocycles. The standard InChI is InChI=1S/C18H27ClN2O4S/c1-18(2,3)13-20-17(22)12-25-16-8-7-14(11-15(16)19)26(23,24)21-9-5-4-6-10-21/h7-8,11H,4-6,9-10,12-13H2,1-3H3,(H,20,22). The van der Waals surface area contributed by atoms with Gasteiger partial charge in [0.25, 0.3) is 5.91 Å². The van der Waals surface area contributed by atoms with Gasteiger partial charge in [-0.3, -0.25) is 4.79 Å². The second-order valence-electron chi connectivity index (χ2n) is 7.68. The molecule has 1 saturated heterocycles. The molecule has 6 nitrogen and oxygen atoms in total. The van der Waals surface area contributed by atoms with Crippen LogP contribution in [0.15, 0.2) is 23.1 Å². The number of benzene rings is 1. The van der Waals surface area contributed by atoms with Gasteiger partial charge in [-0.15, -0.1) is 0 Å². The number of halogens is 1. The molecular formula is C18H27ClN2O4S. The monoisotopic (exact) mass is 402 g/mol. The van der Waals surface area contributed by atoms with Crippen LogP contribution in [-0.2, 0) is 14.8 Å². The van der Waals surface area contributed by atoms with Crippen LogP contribution < -0.4 is 10.1 Å². The van der Waals surface area contributed by atoms with Crippen LogP contribution in [0.2, 0.25) is 5.02 Å². The predicted molar refractivity (Wildman–Crippen MR) is 102 cm³/mol. The molecule has 1 aliphatic rings. The van der Waals surface area contributed by atoms with E-state index in [9.17, 15) is 13.2 Å². The summed E-state index contributed by atoms with van der Waals surface area (Å²) in [7, 11) is -3.54. The number of hydrogen-bond donors (Lipinski definition) is 1. The zero-order valence-electron chi connectivity index (χ0n) is 15.5. The van der Waals surface area contributed by atoms with E-state index in [0.717, 1.165) is 19.3 Å². The van der Waals surface area contributed by atoms with Gasteiger partial charge in [-0.2, -0.15) is 4.31 Å². The van der Waals surface area contributed by atoms with Crippen LogP contribution in [0.1, 0.15) is 40.0 Å². The quantitative estimate of drug-likeness (QED) is 0.793. The fraction of sp³-hybridized carbons (Fsp3) is 0.611. The van der Waals surface area contributed by atoms with E-state index in [1.807, 2.05) is 20.8 Å². The second kappa shape index (κ2) is 8.59. The second-order valence-corrected chi connectivity index (χ2v) is 10.0. The molecule has 0 spiro atoms. The Morgan fingerprint density at radius 2 is 1.88 bits per heavy atom. The van der Waals surface area contributed by atoms with E-state index in [4.69, 9.17) is 16.3 Å². The maximum Gasteiger partial charge on any atom is 0.257 e. The molecule has 0 aliphatic carbocycles. The van der Waals surface area contributed by atoms with Crippen LogP contribution in [0.25, 0.3) is 0 Å². The molecular weight excluding hydrogens is 376 g/mol. The van der Waals surface area contributed by atoms with Crippen molar-refractivity contribution in [3.63, 3.8) is 0 Å². The summed E-state index contributed by atoms with van der Waals surface area (Å²) in [5, 5.41) is 2.95. The molecule has 0 unspecified atom stereocenters. The Labute approximate surface area is 160 Å². The number of nitrogens with one attached hydrogen (secondary N) is 1. The van der Waals surface area contributed by atoms with E-state index >= 15 is 0 Å². The van der Waals surface area contributed by atoms with Crippen molar-refractivity contribution in [1.29, 1.82) is 0 Å². The highest BCUT2D eigenvalue weighted by molar-refractivity contribution is 7.89. The lowest BCUT2D eigenvalue weighted by Gasteiger charge is -2.26. The highest BCUT2D eigenvalue weighted by Crippen LogP contribution is 2.29. The van der Waals surface area contributed by atoms with Crippen LogP contribution in [0, 0.1) is 5.41 Å². The smallest absolute Gasteiger partial charge is 0.257 e. The van der Waals surface area contributed by atoms with Gasteiger partial charge >= 0.3 is 0 Å². The number of piperidine rings is 1. The molecule has 26 heavy (non-hydrogen) atoms. The first kappa shape index (κ1) is 21.0. The Hall–Kier alpha value is -1.31. The van der Waals surface area contributed by atoms with Gasteiger partial charge in [0.05, 0.1) is 9.92 Å². The van der Waals surface area contributed by atoms with E-state index in [2.05, 4.69) is 5.32 Å². The molecule has 0 atom stereocenters. The zero-order valence-corrected chi connectivity index (χ0v) is 17.1. The summed E-state index contributed by atoms with van der Waals surface area (Å²) < 4.78 is 32.2. The van der Waals surface area contributed by atoms with Crippen LogP contribution in [0.3, 0.4) is 0 Å². The molecule has 0 saturated carbocycles. The minimum absolute atomic E-state index is 0.0161. The third-order valence-corrected chi connectivity index (χ3v) is 6.22. The molecule has 1 aliphatic heterocycles. The minimum atomic E-state index is -3.54. The van der Waals surface area contributed by atoms with Gasteiger partial charge in [-0.05, 0) is 36.5 Å². The van der Waals surface area contributed by atoms with E-state index in [1.165, 1.54) is 22.5 Å². The van der Waals surface area contributed by atoms with Crippen molar-refractivity contribution in [2.45, 2.75) is 44.9 Å². The van der Waals surface area contributed by atoms with E-state index in [0.29, 0.717) is 19.6 Å². The van der Waals surface area contributed by atoms with Crippen LogP contribution in [0.5, 0.6) is 5.75 Å². The minimum Gasteiger partial charge on any atom is -0.482 e. The molecule has 146 valence electrons. The molecule has 1 aromatic rings. The van der Waals surface area contributed by atoms with Crippen LogP contribution in [0.4, 0.5) is 0 Å². The lowest BCUT2D eigenvalue weighted by atomic mass is 9.97. The molecule has 1 N–H and O–H groups in total. The topological polar surface area (TPSA) is 75.7 Å². The summed E-state index contributed by atoms with van der Waals surface area (Å²) >= 11 is 6.17. The van der Waals surface area contributed by atoms with Gasteiger partial charge in [0, 0.05) is 19.6 Å². The number of sulfonamides is 1. The first-order valence-corrected chi connectivity index (χ1v) is 10.6. The Morgan fingerprint density at radius 3 is 2.46 bits per heavy atom.